The number of hydrogen-bond donors (Lipinski definition) is 1. The van der Waals surface area contributed by atoms with Gasteiger partial charge in [-0.2, -0.15) is 0 Å². The van der Waals surface area contributed by atoms with E-state index in [4.69, 9.17) is 4.42 Å². The number of para-hydroxylation sites is 2. The molecule has 198 valence electrons. The fraction of sp³-hybridized carbons (Fsp3) is 0.400. The third-order valence-corrected chi connectivity index (χ3v) is 7.65. The first-order valence-corrected chi connectivity index (χ1v) is 13.2. The molecule has 1 amide bonds. The second-order valence-electron chi connectivity index (χ2n) is 11.1. The lowest BCUT2D eigenvalue weighted by molar-refractivity contribution is -0.384. The van der Waals surface area contributed by atoms with E-state index in [1.54, 1.807) is 17.0 Å². The Morgan fingerprint density at radius 1 is 1.13 bits per heavy atom. The number of nitrogens with zero attached hydrogens (tertiary/aromatic N) is 2. The molecular weight excluding hydrogens is 482 g/mol. The molecular formula is C30H33N3O5. The summed E-state index contributed by atoms with van der Waals surface area (Å²) in [6.07, 6.45) is 3.21. The maximum absolute atomic E-state index is 13.8. The summed E-state index contributed by atoms with van der Waals surface area (Å²) in [5, 5.41) is 14.7. The molecule has 2 aromatic carbocycles. The van der Waals surface area contributed by atoms with E-state index in [2.05, 4.69) is 26.1 Å². The highest BCUT2D eigenvalue weighted by molar-refractivity contribution is 6.00. The number of carbonyl (C=O) groups excluding carboxylic acids is 2. The van der Waals surface area contributed by atoms with Gasteiger partial charge in [0.2, 0.25) is 5.91 Å². The Bertz CT molecular complexity index is 1360. The molecule has 3 atom stereocenters. The van der Waals surface area contributed by atoms with Gasteiger partial charge in [0, 0.05) is 36.6 Å². The monoisotopic (exact) mass is 515 g/mol. The number of Topliss-reactive ketones (excluding diaryl/α,β-unsaturated/α-hetero) is 1. The number of unbranched alkanes of at least 4 members (excludes halogenated alkanes) is 1. The van der Waals surface area contributed by atoms with Crippen LogP contribution in [0.3, 0.4) is 0 Å². The van der Waals surface area contributed by atoms with Crippen molar-refractivity contribution in [2.75, 3.05) is 10.2 Å². The molecule has 2 heterocycles. The van der Waals surface area contributed by atoms with Crippen molar-refractivity contribution in [3.63, 3.8) is 0 Å². The van der Waals surface area contributed by atoms with Crippen LogP contribution in [0.5, 0.6) is 0 Å². The van der Waals surface area contributed by atoms with Crippen LogP contribution in [0.25, 0.3) is 11.3 Å². The van der Waals surface area contributed by atoms with Crippen molar-refractivity contribution in [3.8, 4) is 11.3 Å². The summed E-state index contributed by atoms with van der Waals surface area (Å²) in [4.78, 5) is 40.1. The van der Waals surface area contributed by atoms with E-state index in [0.717, 1.165) is 30.6 Å². The van der Waals surface area contributed by atoms with Gasteiger partial charge >= 0.3 is 0 Å². The number of hydrogen-bond acceptors (Lipinski definition) is 6. The van der Waals surface area contributed by atoms with Crippen LogP contribution < -0.4 is 10.2 Å². The Balaban J connectivity index is 1.63. The van der Waals surface area contributed by atoms with E-state index in [1.807, 2.05) is 36.4 Å². The lowest BCUT2D eigenvalue weighted by atomic mass is 9.67. The van der Waals surface area contributed by atoms with Gasteiger partial charge in [0.15, 0.2) is 0 Å². The third-order valence-electron chi connectivity index (χ3n) is 7.65. The van der Waals surface area contributed by atoms with Gasteiger partial charge in [-0.05, 0) is 54.7 Å². The van der Waals surface area contributed by atoms with Crippen molar-refractivity contribution in [1.29, 1.82) is 0 Å². The number of anilines is 2. The average molecular weight is 516 g/mol. The Hall–Kier alpha value is -3.94. The summed E-state index contributed by atoms with van der Waals surface area (Å²) in [5.74, 6) is 0.638. The highest BCUT2D eigenvalue weighted by Gasteiger charge is 2.50. The number of rotatable bonds is 6. The molecule has 3 unspecified atom stereocenters. The summed E-state index contributed by atoms with van der Waals surface area (Å²) in [5.41, 5.74) is 2.09. The van der Waals surface area contributed by atoms with Crippen LogP contribution in [-0.2, 0) is 9.59 Å². The van der Waals surface area contributed by atoms with E-state index < -0.39 is 16.9 Å². The lowest BCUT2D eigenvalue weighted by Crippen LogP contribution is -2.50. The van der Waals surface area contributed by atoms with Gasteiger partial charge in [0.05, 0.1) is 22.2 Å². The minimum absolute atomic E-state index is 0.00191. The molecule has 1 N–H and O–H groups in total. The quantitative estimate of drug-likeness (QED) is 0.282. The molecule has 8 nitrogen and oxygen atoms in total. The molecule has 0 saturated heterocycles. The summed E-state index contributed by atoms with van der Waals surface area (Å²) >= 11 is 0. The van der Waals surface area contributed by atoms with E-state index in [-0.39, 0.29) is 28.8 Å². The molecule has 8 heteroatoms. The van der Waals surface area contributed by atoms with Crippen LogP contribution in [0.15, 0.2) is 65.1 Å². The minimum atomic E-state index is -0.615. The number of carbonyl (C=O) groups is 2. The highest BCUT2D eigenvalue weighted by atomic mass is 16.6. The number of furan rings is 1. The summed E-state index contributed by atoms with van der Waals surface area (Å²) in [7, 11) is 0. The van der Waals surface area contributed by atoms with Gasteiger partial charge in [-0.1, -0.05) is 39.3 Å². The predicted molar refractivity (Wildman–Crippen MR) is 146 cm³/mol. The summed E-state index contributed by atoms with van der Waals surface area (Å²) in [6, 6.07) is 16.7. The number of benzene rings is 2. The molecule has 1 aliphatic carbocycles. The van der Waals surface area contributed by atoms with Gasteiger partial charge in [-0.3, -0.25) is 24.6 Å². The van der Waals surface area contributed by atoms with Crippen LogP contribution in [-0.4, -0.2) is 22.7 Å². The van der Waals surface area contributed by atoms with Crippen LogP contribution in [0.1, 0.15) is 64.7 Å². The molecule has 0 bridgehead atoms. The first-order chi connectivity index (χ1) is 18.2. The zero-order valence-electron chi connectivity index (χ0n) is 22.0. The Morgan fingerprint density at radius 3 is 2.58 bits per heavy atom. The van der Waals surface area contributed by atoms with Crippen molar-refractivity contribution >= 4 is 28.8 Å². The molecule has 38 heavy (non-hydrogen) atoms. The number of nitro groups is 1. The van der Waals surface area contributed by atoms with Crippen LogP contribution in [0.2, 0.25) is 0 Å². The van der Waals surface area contributed by atoms with Crippen molar-refractivity contribution < 1.29 is 18.9 Å². The van der Waals surface area contributed by atoms with E-state index >= 15 is 0 Å². The fourth-order valence-corrected chi connectivity index (χ4v) is 5.92. The SMILES string of the molecule is CCCCC(=O)N1c2ccccc2NC2CC(C)(C)CC(=O)C2C1c1ccc(-c2ccc([N+](=O)[O-])cc2)o1. The number of nitrogens with one attached hydrogen (secondary N) is 1. The number of ketones is 1. The normalized spacial score (nSPS) is 22.1. The molecule has 0 spiro atoms. The molecule has 5 rings (SSSR count). The number of nitro benzene ring substituents is 1. The van der Waals surface area contributed by atoms with Crippen molar-refractivity contribution in [2.45, 2.75) is 65.0 Å². The summed E-state index contributed by atoms with van der Waals surface area (Å²) < 4.78 is 6.37. The van der Waals surface area contributed by atoms with Gasteiger partial charge in [0.1, 0.15) is 23.3 Å². The van der Waals surface area contributed by atoms with Crippen molar-refractivity contribution in [1.82, 2.24) is 0 Å². The zero-order valence-corrected chi connectivity index (χ0v) is 22.0. The molecule has 0 radical (unpaired) electrons. The van der Waals surface area contributed by atoms with Crippen LogP contribution in [0, 0.1) is 21.4 Å². The van der Waals surface area contributed by atoms with Crippen molar-refractivity contribution in [3.05, 3.63) is 76.5 Å². The van der Waals surface area contributed by atoms with Gasteiger partial charge in [-0.15, -0.1) is 0 Å². The predicted octanol–water partition coefficient (Wildman–Crippen LogP) is 6.92. The first kappa shape index (κ1) is 25.7. The third kappa shape index (κ3) is 4.83. The Kier molecular flexibility index (Phi) is 6.82. The molecule has 2 aliphatic rings. The largest absolute Gasteiger partial charge is 0.459 e. The maximum atomic E-state index is 13.8. The molecule has 1 fully saturated rings. The maximum Gasteiger partial charge on any atom is 0.269 e. The standard InChI is InChI=1S/C30H33N3O5/c1-4-5-10-27(35)32-23-9-7-6-8-21(23)31-22-17-30(2,3)18-24(34)28(22)29(32)26-16-15-25(38-26)19-11-13-20(14-12-19)33(36)37/h6-9,11-16,22,28-29,31H,4-5,10,17-18H2,1-3H3. The smallest absolute Gasteiger partial charge is 0.269 e. The lowest BCUT2D eigenvalue weighted by Gasteiger charge is -2.43. The molecule has 1 saturated carbocycles. The van der Waals surface area contributed by atoms with E-state index in [0.29, 0.717) is 29.9 Å². The molecule has 1 aromatic heterocycles. The Labute approximate surface area is 222 Å². The number of non-ortho nitro benzene ring substituents is 1. The topological polar surface area (TPSA) is 106 Å². The molecule has 1 aliphatic heterocycles. The first-order valence-electron chi connectivity index (χ1n) is 13.2. The number of fused-ring (bicyclic) bond motifs is 2. The highest BCUT2D eigenvalue weighted by Crippen LogP contribution is 2.50. The zero-order chi connectivity index (χ0) is 27.0. The number of amides is 1. The second-order valence-corrected chi connectivity index (χ2v) is 11.1. The fourth-order valence-electron chi connectivity index (χ4n) is 5.92. The van der Waals surface area contributed by atoms with Crippen LogP contribution in [0.4, 0.5) is 17.1 Å². The van der Waals surface area contributed by atoms with Gasteiger partial charge in [-0.25, -0.2) is 0 Å². The molecule has 3 aromatic rings. The average Bonchev–Trinajstić information content (AvgIpc) is 3.31. The summed E-state index contributed by atoms with van der Waals surface area (Å²) in [6.45, 7) is 6.27. The van der Waals surface area contributed by atoms with E-state index in [1.165, 1.54) is 12.1 Å². The Morgan fingerprint density at radius 2 is 1.87 bits per heavy atom. The second kappa shape index (κ2) is 10.1. The van der Waals surface area contributed by atoms with Crippen molar-refractivity contribution in [2.24, 2.45) is 11.3 Å². The minimum Gasteiger partial charge on any atom is -0.459 e. The van der Waals surface area contributed by atoms with E-state index in [9.17, 15) is 19.7 Å². The van der Waals surface area contributed by atoms with Crippen LogP contribution >= 0.6 is 0 Å². The van der Waals surface area contributed by atoms with Gasteiger partial charge < -0.3 is 9.73 Å². The van der Waals surface area contributed by atoms with Gasteiger partial charge in [0.25, 0.3) is 5.69 Å².